The quantitative estimate of drug-likeness (QED) is 0.193. The first-order valence-electron chi connectivity index (χ1n) is 11.3. The van der Waals surface area contributed by atoms with E-state index >= 15 is 0 Å². The first kappa shape index (κ1) is 25.3. The largest absolute Gasteiger partial charge is 0.466 e. The van der Waals surface area contributed by atoms with Gasteiger partial charge in [-0.25, -0.2) is 4.90 Å². The first-order valence-corrected chi connectivity index (χ1v) is 11.3. The molecule has 3 nitrogen and oxygen atoms in total. The maximum absolute atomic E-state index is 13.4. The van der Waals surface area contributed by atoms with E-state index in [9.17, 15) is 18.0 Å². The number of esters is 1. The summed E-state index contributed by atoms with van der Waals surface area (Å²) in [7, 11) is 0. The van der Waals surface area contributed by atoms with E-state index in [1.54, 1.807) is 13.8 Å². The van der Waals surface area contributed by atoms with Gasteiger partial charge in [-0.2, -0.15) is 13.2 Å². The summed E-state index contributed by atoms with van der Waals surface area (Å²) in [6.07, 6.45) is 7.53. The van der Waals surface area contributed by atoms with Crippen molar-refractivity contribution in [2.24, 2.45) is 11.8 Å². The Kier molecular flexibility index (Phi) is 12.1. The lowest BCUT2D eigenvalue weighted by atomic mass is 9.80. The van der Waals surface area contributed by atoms with Crippen LogP contribution >= 0.6 is 0 Å². The predicted octanol–water partition coefficient (Wildman–Crippen LogP) is 6.71. The summed E-state index contributed by atoms with van der Waals surface area (Å²) in [4.78, 5) is 12.7. The number of carbonyl (C=O) groups is 1. The van der Waals surface area contributed by atoms with Crippen LogP contribution in [0.15, 0.2) is 0 Å². The molecule has 0 radical (unpaired) electrons. The minimum Gasteiger partial charge on any atom is -0.466 e. The van der Waals surface area contributed by atoms with Crippen LogP contribution in [0.25, 0.3) is 0 Å². The lowest BCUT2D eigenvalue weighted by Gasteiger charge is -2.41. The number of piperidine rings is 1. The third kappa shape index (κ3) is 9.15. The average Bonchev–Trinajstić information content (AvgIpc) is 2.65. The van der Waals surface area contributed by atoms with Crippen molar-refractivity contribution < 1.29 is 22.7 Å². The number of unbranched alkanes of at least 4 members (excludes halogenated alkanes) is 8. The molecular formula is C22H40F3NO2. The molecule has 1 saturated heterocycles. The van der Waals surface area contributed by atoms with Crippen molar-refractivity contribution >= 4 is 5.97 Å². The molecule has 28 heavy (non-hydrogen) atoms. The van der Waals surface area contributed by atoms with Gasteiger partial charge in [-0.1, -0.05) is 71.6 Å². The van der Waals surface area contributed by atoms with Gasteiger partial charge in [0.25, 0.3) is 0 Å². The van der Waals surface area contributed by atoms with Crippen LogP contribution < -0.4 is 0 Å². The van der Waals surface area contributed by atoms with Gasteiger partial charge in [0.05, 0.1) is 12.5 Å². The molecule has 1 aliphatic heterocycles. The lowest BCUT2D eigenvalue weighted by Crippen LogP contribution is -2.51. The van der Waals surface area contributed by atoms with Crippen molar-refractivity contribution in [2.75, 3.05) is 13.2 Å². The molecule has 0 amide bonds. The molecule has 0 saturated carbocycles. The highest BCUT2D eigenvalue weighted by Gasteiger charge is 2.45. The van der Waals surface area contributed by atoms with Crippen LogP contribution in [0.5, 0.6) is 0 Å². The molecule has 3 unspecified atom stereocenters. The summed E-state index contributed by atoms with van der Waals surface area (Å²) in [5.74, 6) is -0.642. The number of ether oxygens (including phenoxy) is 1. The van der Waals surface area contributed by atoms with Crippen molar-refractivity contribution in [2.45, 2.75) is 110 Å². The molecular weight excluding hydrogens is 367 g/mol. The fourth-order valence-corrected chi connectivity index (χ4v) is 4.30. The van der Waals surface area contributed by atoms with Crippen LogP contribution in [0.2, 0.25) is 0 Å². The van der Waals surface area contributed by atoms with Crippen molar-refractivity contribution in [1.82, 2.24) is 4.90 Å². The van der Waals surface area contributed by atoms with Gasteiger partial charge in [0.1, 0.15) is 0 Å². The minimum atomic E-state index is -4.29. The second kappa shape index (κ2) is 13.4. The van der Waals surface area contributed by atoms with Gasteiger partial charge < -0.3 is 4.74 Å². The van der Waals surface area contributed by atoms with Gasteiger partial charge in [0.15, 0.2) is 0 Å². The van der Waals surface area contributed by atoms with Gasteiger partial charge in [-0.05, 0) is 32.1 Å². The summed E-state index contributed by atoms with van der Waals surface area (Å²) < 4.78 is 45.3. The number of nitrogens with zero attached hydrogens (tertiary/aromatic N) is 1. The van der Waals surface area contributed by atoms with E-state index in [2.05, 4.69) is 6.92 Å². The number of hydrogen-bond acceptors (Lipinski definition) is 3. The third-order valence-corrected chi connectivity index (χ3v) is 6.09. The van der Waals surface area contributed by atoms with Crippen molar-refractivity contribution in [3.8, 4) is 0 Å². The number of carbonyl (C=O) groups excluding carboxylic acids is 1. The van der Waals surface area contributed by atoms with Crippen molar-refractivity contribution in [1.29, 1.82) is 0 Å². The Balaban J connectivity index is 2.43. The zero-order valence-corrected chi connectivity index (χ0v) is 18.0. The summed E-state index contributed by atoms with van der Waals surface area (Å²) in [6, 6.07) is -0.514. The molecule has 3 atom stereocenters. The number of hydrogen-bond donors (Lipinski definition) is 0. The van der Waals surface area contributed by atoms with E-state index in [-0.39, 0.29) is 24.3 Å². The van der Waals surface area contributed by atoms with Crippen LogP contribution in [0, 0.1) is 11.8 Å². The van der Waals surface area contributed by atoms with E-state index < -0.39 is 12.3 Å². The molecule has 0 N–H and O–H groups in total. The van der Waals surface area contributed by atoms with E-state index in [0.29, 0.717) is 30.8 Å². The molecule has 1 fully saturated rings. The van der Waals surface area contributed by atoms with Crippen LogP contribution in [-0.4, -0.2) is 36.4 Å². The molecule has 166 valence electrons. The zero-order valence-electron chi connectivity index (χ0n) is 18.0. The molecule has 1 heterocycles. The maximum Gasteiger partial charge on any atom is 0.460 e. The van der Waals surface area contributed by atoms with E-state index in [1.165, 1.54) is 38.5 Å². The Morgan fingerprint density at radius 1 is 1.04 bits per heavy atom. The van der Waals surface area contributed by atoms with Crippen molar-refractivity contribution in [3.05, 3.63) is 0 Å². The highest BCUT2D eigenvalue weighted by Crippen LogP contribution is 2.37. The standard InChI is InChI=1S/C22H40F3NO2/c1-4-6-7-8-9-10-11-12-13-14-20-17-19(18(3)21(27)28-5-2)15-16-26(20)22(23,24)25/h18-20H,4-17H2,1-3H3. The second-order valence-corrected chi connectivity index (χ2v) is 8.26. The van der Waals surface area contributed by atoms with E-state index in [1.807, 2.05) is 0 Å². The Morgan fingerprint density at radius 3 is 2.14 bits per heavy atom. The van der Waals surface area contributed by atoms with E-state index in [0.717, 1.165) is 19.3 Å². The zero-order chi connectivity index (χ0) is 21.0. The summed E-state index contributed by atoms with van der Waals surface area (Å²) in [5, 5.41) is 0. The SMILES string of the molecule is CCCCCCCCCCCC1CC(C(C)C(=O)OCC)CCN1C(F)(F)F. The molecule has 0 aliphatic carbocycles. The number of rotatable bonds is 13. The Bertz CT molecular complexity index is 428. The van der Waals surface area contributed by atoms with Crippen molar-refractivity contribution in [3.63, 3.8) is 0 Å². The summed E-state index contributed by atoms with van der Waals surface area (Å²) >= 11 is 0. The highest BCUT2D eigenvalue weighted by atomic mass is 19.4. The van der Waals surface area contributed by atoms with Crippen LogP contribution in [0.4, 0.5) is 13.2 Å². The first-order chi connectivity index (χ1) is 13.3. The van der Waals surface area contributed by atoms with Crippen LogP contribution in [0.3, 0.4) is 0 Å². The minimum absolute atomic E-state index is 0.0139. The molecule has 1 rings (SSSR count). The molecule has 1 aliphatic rings. The number of halogens is 3. The molecule has 6 heteroatoms. The lowest BCUT2D eigenvalue weighted by molar-refractivity contribution is -0.268. The van der Waals surface area contributed by atoms with Gasteiger partial charge in [0, 0.05) is 12.6 Å². The average molecular weight is 408 g/mol. The topological polar surface area (TPSA) is 29.5 Å². The normalized spacial score (nSPS) is 22.2. The molecule has 0 aromatic heterocycles. The van der Waals surface area contributed by atoms with Gasteiger partial charge in [-0.3, -0.25) is 4.79 Å². The molecule has 0 bridgehead atoms. The Hall–Kier alpha value is -0.780. The number of alkyl halides is 3. The van der Waals surface area contributed by atoms with Gasteiger partial charge in [0.2, 0.25) is 0 Å². The third-order valence-electron chi connectivity index (χ3n) is 6.09. The molecule has 0 spiro atoms. The van der Waals surface area contributed by atoms with Crippen LogP contribution in [0.1, 0.15) is 97.8 Å². The van der Waals surface area contributed by atoms with Crippen LogP contribution in [-0.2, 0) is 9.53 Å². The summed E-state index contributed by atoms with van der Waals surface area (Å²) in [6.45, 7) is 6.05. The Labute approximate surface area is 169 Å². The summed E-state index contributed by atoms with van der Waals surface area (Å²) in [5.41, 5.74) is 0. The van der Waals surface area contributed by atoms with E-state index in [4.69, 9.17) is 4.74 Å². The van der Waals surface area contributed by atoms with Gasteiger partial charge in [-0.15, -0.1) is 0 Å². The Morgan fingerprint density at radius 2 is 1.61 bits per heavy atom. The monoisotopic (exact) mass is 407 g/mol. The maximum atomic E-state index is 13.4. The molecule has 0 aromatic rings. The van der Waals surface area contributed by atoms with Gasteiger partial charge >= 0.3 is 12.3 Å². The predicted molar refractivity (Wildman–Crippen MR) is 107 cm³/mol. The second-order valence-electron chi connectivity index (χ2n) is 8.26. The molecule has 0 aromatic carbocycles. The fourth-order valence-electron chi connectivity index (χ4n) is 4.30. The smallest absolute Gasteiger partial charge is 0.460 e. The fraction of sp³-hybridized carbons (Fsp3) is 0.955. The number of likely N-dealkylation sites (tertiary alicyclic amines) is 1. The highest BCUT2D eigenvalue weighted by molar-refractivity contribution is 5.72.